The van der Waals surface area contributed by atoms with Gasteiger partial charge in [0.1, 0.15) is 5.75 Å². The predicted molar refractivity (Wildman–Crippen MR) is 63.4 cm³/mol. The van der Waals surface area contributed by atoms with Crippen LogP contribution in [0.15, 0.2) is 22.7 Å². The van der Waals surface area contributed by atoms with E-state index in [1.165, 1.54) is 13.2 Å². The number of ether oxygens (including phenoxy) is 1. The number of fused-ring (bicyclic) bond motifs is 1. The molecule has 1 aromatic carbocycles. The Morgan fingerprint density at radius 1 is 1.25 bits per heavy atom. The molecule has 1 aliphatic carbocycles. The fourth-order valence-electron chi connectivity index (χ4n) is 1.75. The number of benzene rings is 1. The fourth-order valence-corrected chi connectivity index (χ4v) is 2.15. The molecule has 0 saturated heterocycles. The van der Waals surface area contributed by atoms with Crippen molar-refractivity contribution in [2.75, 3.05) is 7.11 Å². The number of rotatable bonds is 1. The minimum atomic E-state index is -0.177. The Bertz CT molecular complexity index is 529. The van der Waals surface area contributed by atoms with Crippen LogP contribution >= 0.6 is 15.9 Å². The van der Waals surface area contributed by atoms with Gasteiger partial charge in [-0.05, 0) is 40.5 Å². The number of carbonyl (C=O) groups excluding carboxylic acids is 2. The van der Waals surface area contributed by atoms with Crippen molar-refractivity contribution in [1.29, 1.82) is 0 Å². The van der Waals surface area contributed by atoms with E-state index in [1.54, 1.807) is 19.1 Å². The van der Waals surface area contributed by atoms with Crippen molar-refractivity contribution in [2.24, 2.45) is 0 Å². The third kappa shape index (κ3) is 1.59. The third-order valence-corrected chi connectivity index (χ3v) is 3.10. The lowest BCUT2D eigenvalue weighted by Crippen LogP contribution is -2.16. The first-order valence-electron chi connectivity index (χ1n) is 4.69. The van der Waals surface area contributed by atoms with Crippen LogP contribution in [0.5, 0.6) is 5.75 Å². The van der Waals surface area contributed by atoms with Crippen LogP contribution in [-0.2, 0) is 0 Å². The molecule has 4 heteroatoms. The highest BCUT2D eigenvalue weighted by Crippen LogP contribution is 2.30. The van der Waals surface area contributed by atoms with Crippen LogP contribution in [0.4, 0.5) is 0 Å². The maximum Gasteiger partial charge on any atom is 0.201 e. The Kier molecular flexibility index (Phi) is 2.68. The molecule has 0 radical (unpaired) electrons. The Morgan fingerprint density at radius 3 is 2.56 bits per heavy atom. The van der Waals surface area contributed by atoms with Crippen molar-refractivity contribution in [3.63, 3.8) is 0 Å². The highest BCUT2D eigenvalue weighted by Gasteiger charge is 2.26. The number of hydrogen-bond donors (Lipinski definition) is 0. The zero-order chi connectivity index (χ0) is 11.9. The SMILES string of the molecule is COc1cc(C)c2c(c1)C(=O)C=C(Br)C2=O. The first-order chi connectivity index (χ1) is 7.54. The van der Waals surface area contributed by atoms with E-state index in [9.17, 15) is 9.59 Å². The molecule has 0 atom stereocenters. The molecular formula is C12H9BrO3. The molecule has 3 nitrogen and oxygen atoms in total. The zero-order valence-corrected chi connectivity index (χ0v) is 10.4. The minimum absolute atomic E-state index is 0.158. The van der Waals surface area contributed by atoms with Gasteiger partial charge in [0.05, 0.1) is 11.6 Å². The summed E-state index contributed by atoms with van der Waals surface area (Å²) < 4.78 is 5.38. The molecule has 0 fully saturated rings. The quantitative estimate of drug-likeness (QED) is 0.794. The molecule has 82 valence electrons. The van der Waals surface area contributed by atoms with Crippen LogP contribution in [-0.4, -0.2) is 18.7 Å². The molecule has 0 aromatic heterocycles. The second kappa shape index (κ2) is 3.87. The van der Waals surface area contributed by atoms with E-state index < -0.39 is 0 Å². The number of allylic oxidation sites excluding steroid dienone is 2. The van der Waals surface area contributed by atoms with Crippen molar-refractivity contribution in [3.8, 4) is 5.75 Å². The van der Waals surface area contributed by atoms with E-state index in [2.05, 4.69) is 15.9 Å². The Morgan fingerprint density at radius 2 is 1.94 bits per heavy atom. The van der Waals surface area contributed by atoms with Crippen molar-refractivity contribution in [1.82, 2.24) is 0 Å². The molecule has 0 saturated carbocycles. The molecule has 0 aliphatic heterocycles. The number of methoxy groups -OCH3 is 1. The molecule has 0 N–H and O–H groups in total. The van der Waals surface area contributed by atoms with Gasteiger partial charge in [0.2, 0.25) is 5.78 Å². The summed E-state index contributed by atoms with van der Waals surface area (Å²) in [4.78, 5) is 23.6. The summed E-state index contributed by atoms with van der Waals surface area (Å²) in [7, 11) is 1.53. The van der Waals surface area contributed by atoms with Gasteiger partial charge >= 0.3 is 0 Å². The lowest BCUT2D eigenvalue weighted by atomic mass is 9.91. The highest BCUT2D eigenvalue weighted by molar-refractivity contribution is 9.12. The Labute approximate surface area is 101 Å². The maximum absolute atomic E-state index is 11.9. The zero-order valence-electron chi connectivity index (χ0n) is 8.83. The highest BCUT2D eigenvalue weighted by atomic mass is 79.9. The van der Waals surface area contributed by atoms with Crippen molar-refractivity contribution in [3.05, 3.63) is 39.4 Å². The molecule has 0 bridgehead atoms. The second-order valence-electron chi connectivity index (χ2n) is 3.55. The van der Waals surface area contributed by atoms with E-state index in [1.807, 2.05) is 0 Å². The van der Waals surface area contributed by atoms with Gasteiger partial charge in [0, 0.05) is 17.2 Å². The van der Waals surface area contributed by atoms with E-state index in [0.29, 0.717) is 21.4 Å². The molecule has 0 spiro atoms. The molecule has 0 amide bonds. The molecule has 16 heavy (non-hydrogen) atoms. The van der Waals surface area contributed by atoms with Crippen LogP contribution < -0.4 is 4.74 Å². The first kappa shape index (κ1) is 11.1. The smallest absolute Gasteiger partial charge is 0.201 e. The summed E-state index contributed by atoms with van der Waals surface area (Å²) >= 11 is 3.09. The average molecular weight is 281 g/mol. The molecule has 0 unspecified atom stereocenters. The molecule has 1 aliphatic rings. The number of carbonyl (C=O) groups is 2. The van der Waals surface area contributed by atoms with Gasteiger partial charge in [-0.25, -0.2) is 0 Å². The Hall–Kier alpha value is -1.42. The predicted octanol–water partition coefficient (Wildman–Crippen LogP) is 2.66. The van der Waals surface area contributed by atoms with Gasteiger partial charge in [-0.15, -0.1) is 0 Å². The largest absolute Gasteiger partial charge is 0.497 e. The van der Waals surface area contributed by atoms with E-state index in [4.69, 9.17) is 4.74 Å². The summed E-state index contributed by atoms with van der Waals surface area (Å²) in [6, 6.07) is 3.34. The van der Waals surface area contributed by atoms with Gasteiger partial charge in [0.25, 0.3) is 0 Å². The lowest BCUT2D eigenvalue weighted by Gasteiger charge is -2.15. The first-order valence-corrected chi connectivity index (χ1v) is 5.48. The van der Waals surface area contributed by atoms with E-state index in [0.717, 1.165) is 5.56 Å². The van der Waals surface area contributed by atoms with E-state index >= 15 is 0 Å². The second-order valence-corrected chi connectivity index (χ2v) is 4.41. The summed E-state index contributed by atoms with van der Waals surface area (Å²) in [6.45, 7) is 1.79. The number of ketones is 2. The van der Waals surface area contributed by atoms with Crippen LogP contribution in [0.2, 0.25) is 0 Å². The summed E-state index contributed by atoms with van der Waals surface area (Å²) in [5.74, 6) is 0.252. The number of Topliss-reactive ketones (excluding diaryl/α,β-unsaturated/α-hetero) is 1. The van der Waals surface area contributed by atoms with Crippen LogP contribution in [0, 0.1) is 6.92 Å². The third-order valence-electron chi connectivity index (χ3n) is 2.51. The molecular weight excluding hydrogens is 272 g/mol. The maximum atomic E-state index is 11.9. The van der Waals surface area contributed by atoms with Crippen LogP contribution in [0.3, 0.4) is 0 Å². The van der Waals surface area contributed by atoms with Crippen LogP contribution in [0.25, 0.3) is 0 Å². The number of aryl methyl sites for hydroxylation is 1. The van der Waals surface area contributed by atoms with E-state index in [-0.39, 0.29) is 11.6 Å². The summed E-state index contributed by atoms with van der Waals surface area (Å²) in [6.07, 6.45) is 1.30. The van der Waals surface area contributed by atoms with Crippen LogP contribution in [0.1, 0.15) is 26.3 Å². The van der Waals surface area contributed by atoms with Gasteiger partial charge in [-0.1, -0.05) is 0 Å². The van der Waals surface area contributed by atoms with Gasteiger partial charge in [-0.3, -0.25) is 9.59 Å². The number of halogens is 1. The molecule has 1 aromatic rings. The lowest BCUT2D eigenvalue weighted by molar-refractivity contribution is 0.0991. The van der Waals surface area contributed by atoms with Gasteiger partial charge < -0.3 is 4.74 Å². The Balaban J connectivity index is 2.72. The average Bonchev–Trinajstić information content (AvgIpc) is 2.25. The van der Waals surface area contributed by atoms with Gasteiger partial charge in [-0.2, -0.15) is 0 Å². The molecule has 0 heterocycles. The van der Waals surface area contributed by atoms with Crippen molar-refractivity contribution >= 4 is 27.5 Å². The normalized spacial score (nSPS) is 14.6. The fraction of sp³-hybridized carbons (Fsp3) is 0.167. The minimum Gasteiger partial charge on any atom is -0.497 e. The summed E-state index contributed by atoms with van der Waals surface area (Å²) in [5.41, 5.74) is 1.61. The van der Waals surface area contributed by atoms with Crippen molar-refractivity contribution in [2.45, 2.75) is 6.92 Å². The summed E-state index contributed by atoms with van der Waals surface area (Å²) in [5, 5.41) is 0. The number of hydrogen-bond acceptors (Lipinski definition) is 3. The van der Waals surface area contributed by atoms with Gasteiger partial charge in [0.15, 0.2) is 5.78 Å². The monoisotopic (exact) mass is 280 g/mol. The topological polar surface area (TPSA) is 43.4 Å². The van der Waals surface area contributed by atoms with Crippen molar-refractivity contribution < 1.29 is 14.3 Å². The standard InChI is InChI=1S/C12H9BrO3/c1-6-3-7(16-2)4-8-10(14)5-9(13)12(15)11(6)8/h3-5H,1-2H3. The molecule has 2 rings (SSSR count).